The first kappa shape index (κ1) is 18.1. The Hall–Kier alpha value is -2.71. The number of carbonyl (C=O) groups is 2. The molecule has 0 spiro atoms. The summed E-state index contributed by atoms with van der Waals surface area (Å²) in [5.41, 5.74) is 1.94. The molecule has 1 atom stereocenters. The van der Waals surface area contributed by atoms with Crippen molar-refractivity contribution < 1.29 is 9.59 Å². The number of carbonyl (C=O) groups excluding carboxylic acids is 2. The molecular formula is C18H18N4O2S2. The van der Waals surface area contributed by atoms with Crippen LogP contribution in [-0.4, -0.2) is 34.7 Å². The monoisotopic (exact) mass is 386 g/mol. The standard InChI is InChI=1S/C9H10N2OS.C9H8N2OS/c12-9-10-6-7-13(9)11-8-4-2-1-3-5-8;12-8-6-11(9(13)10-8)7-4-2-1-3-5-7/h1-5,7,11H,6H2,(H,10,12);1-5H,6H2,(H,10,12,13). The molecule has 2 amide bonds. The van der Waals surface area contributed by atoms with Gasteiger partial charge in [-0.2, -0.15) is 0 Å². The molecule has 1 fully saturated rings. The molecule has 0 aliphatic carbocycles. The fourth-order valence-corrected chi connectivity index (χ4v) is 3.83. The van der Waals surface area contributed by atoms with Gasteiger partial charge in [0.15, 0.2) is 5.11 Å². The first-order valence-electron chi connectivity index (χ1n) is 7.96. The quantitative estimate of drug-likeness (QED) is 0.708. The molecule has 0 aromatic heterocycles. The van der Waals surface area contributed by atoms with Crippen LogP contribution in [0.4, 0.5) is 16.2 Å². The zero-order valence-corrected chi connectivity index (χ0v) is 15.5. The van der Waals surface area contributed by atoms with Crippen LogP contribution in [0.1, 0.15) is 0 Å². The van der Waals surface area contributed by atoms with Crippen LogP contribution < -0.4 is 20.3 Å². The summed E-state index contributed by atoms with van der Waals surface area (Å²) in [5.74, 6) is -0.0474. The van der Waals surface area contributed by atoms with E-state index < -0.39 is 10.7 Å². The van der Waals surface area contributed by atoms with Crippen LogP contribution in [0.25, 0.3) is 0 Å². The first-order valence-corrected chi connectivity index (χ1v) is 9.65. The molecule has 2 heterocycles. The minimum atomic E-state index is -0.448. The van der Waals surface area contributed by atoms with Gasteiger partial charge in [-0.1, -0.05) is 36.4 Å². The van der Waals surface area contributed by atoms with E-state index in [0.29, 0.717) is 18.2 Å². The van der Waals surface area contributed by atoms with Gasteiger partial charge < -0.3 is 20.3 Å². The Morgan fingerprint density at radius 3 is 2.19 bits per heavy atom. The summed E-state index contributed by atoms with van der Waals surface area (Å²) in [5, 5.41) is 7.84. The Balaban J connectivity index is 0.000000151. The van der Waals surface area contributed by atoms with Crippen molar-refractivity contribution >= 4 is 55.9 Å². The molecule has 0 saturated carbocycles. The maximum Gasteiger partial charge on any atom is 0.292 e. The lowest BCUT2D eigenvalue weighted by atomic mass is 10.3. The topological polar surface area (TPSA) is 73.5 Å². The van der Waals surface area contributed by atoms with E-state index in [9.17, 15) is 9.59 Å². The second-order valence-electron chi connectivity index (χ2n) is 5.42. The Morgan fingerprint density at radius 1 is 1.00 bits per heavy atom. The van der Waals surface area contributed by atoms with Crippen molar-refractivity contribution in [3.8, 4) is 0 Å². The van der Waals surface area contributed by atoms with Gasteiger partial charge in [0.1, 0.15) is 6.54 Å². The Bertz CT molecular complexity index is 841. The van der Waals surface area contributed by atoms with Gasteiger partial charge in [-0.05, 0) is 52.5 Å². The van der Waals surface area contributed by atoms with Crippen LogP contribution in [0.3, 0.4) is 0 Å². The zero-order chi connectivity index (χ0) is 18.4. The van der Waals surface area contributed by atoms with Crippen molar-refractivity contribution in [1.82, 2.24) is 10.6 Å². The summed E-state index contributed by atoms with van der Waals surface area (Å²) < 4.78 is 3.15. The summed E-state index contributed by atoms with van der Waals surface area (Å²) in [6.45, 7) is 0.991. The van der Waals surface area contributed by atoms with Gasteiger partial charge >= 0.3 is 0 Å². The van der Waals surface area contributed by atoms with Gasteiger partial charge in [0.05, 0.1) is 0 Å². The van der Waals surface area contributed by atoms with E-state index in [1.165, 1.54) is 0 Å². The largest absolute Gasteiger partial charge is 0.342 e. The van der Waals surface area contributed by atoms with Crippen molar-refractivity contribution in [3.63, 3.8) is 0 Å². The van der Waals surface area contributed by atoms with Gasteiger partial charge in [0.25, 0.3) is 5.24 Å². The summed E-state index contributed by atoms with van der Waals surface area (Å²) in [6.07, 6.45) is 0. The first-order chi connectivity index (χ1) is 12.6. The Morgan fingerprint density at radius 2 is 1.65 bits per heavy atom. The molecule has 0 bridgehead atoms. The van der Waals surface area contributed by atoms with Crippen molar-refractivity contribution in [2.45, 2.75) is 0 Å². The summed E-state index contributed by atoms with van der Waals surface area (Å²) in [6, 6.07) is 19.4. The maximum atomic E-state index is 11.2. The van der Waals surface area contributed by atoms with Crippen molar-refractivity contribution in [3.05, 3.63) is 60.7 Å². The van der Waals surface area contributed by atoms with Crippen molar-refractivity contribution in [1.29, 1.82) is 0 Å². The van der Waals surface area contributed by atoms with Crippen LogP contribution in [0.15, 0.2) is 60.7 Å². The van der Waals surface area contributed by atoms with E-state index in [4.69, 9.17) is 12.2 Å². The minimum absolute atomic E-state index is 0.0474. The third-order valence-corrected chi connectivity index (χ3v) is 5.38. The highest BCUT2D eigenvalue weighted by molar-refractivity contribution is 8.29. The van der Waals surface area contributed by atoms with E-state index >= 15 is 0 Å². The summed E-state index contributed by atoms with van der Waals surface area (Å²) in [4.78, 5) is 24.0. The molecule has 0 radical (unpaired) electrons. The molecule has 26 heavy (non-hydrogen) atoms. The highest BCUT2D eigenvalue weighted by Gasteiger charge is 2.24. The molecule has 8 heteroatoms. The third-order valence-electron chi connectivity index (χ3n) is 3.56. The molecule has 1 unspecified atom stereocenters. The van der Waals surface area contributed by atoms with Crippen molar-refractivity contribution in [2.75, 3.05) is 22.7 Å². The smallest absolute Gasteiger partial charge is 0.292 e. The maximum absolute atomic E-state index is 11.2. The predicted octanol–water partition coefficient (Wildman–Crippen LogP) is 2.72. The fraction of sp³-hybridized carbons (Fsp3) is 0.111. The molecule has 134 valence electrons. The Kier molecular flexibility index (Phi) is 5.98. The third kappa shape index (κ3) is 4.68. The number of benzene rings is 2. The van der Waals surface area contributed by atoms with Crippen LogP contribution in [-0.2, 0) is 4.79 Å². The molecule has 3 N–H and O–H groups in total. The number of hydrogen-bond acceptors (Lipinski definition) is 4. The summed E-state index contributed by atoms with van der Waals surface area (Å²) >= 11 is 4.99. The molecule has 4 rings (SSSR count). The van der Waals surface area contributed by atoms with E-state index in [-0.39, 0.29) is 11.1 Å². The van der Waals surface area contributed by atoms with Gasteiger partial charge in [-0.25, -0.2) is 0 Å². The van der Waals surface area contributed by atoms with Crippen LogP contribution in [0, 0.1) is 0 Å². The van der Waals surface area contributed by atoms with Crippen LogP contribution in [0.5, 0.6) is 0 Å². The number of amides is 2. The van der Waals surface area contributed by atoms with E-state index in [1.54, 1.807) is 4.90 Å². The molecule has 6 nitrogen and oxygen atoms in total. The second kappa shape index (κ2) is 8.59. The number of nitrogens with one attached hydrogen (secondary N) is 3. The average Bonchev–Trinajstić information content (AvgIpc) is 3.22. The highest BCUT2D eigenvalue weighted by atomic mass is 32.2. The van der Waals surface area contributed by atoms with E-state index in [2.05, 4.69) is 15.4 Å². The Labute approximate surface area is 159 Å². The molecular weight excluding hydrogens is 368 g/mol. The van der Waals surface area contributed by atoms with Gasteiger partial charge in [0.2, 0.25) is 5.91 Å². The number of thiocarbonyl (C=S) groups is 1. The van der Waals surface area contributed by atoms with Gasteiger partial charge in [0, 0.05) is 17.9 Å². The van der Waals surface area contributed by atoms with E-state index in [1.807, 2.05) is 66.0 Å². The lowest BCUT2D eigenvalue weighted by Crippen LogP contribution is -2.27. The SMILES string of the molecule is O=C1CN(c2ccccc2)C(=S)N1.O=C1NCC=S1Nc1ccccc1. The van der Waals surface area contributed by atoms with Crippen LogP contribution in [0.2, 0.25) is 0 Å². The lowest BCUT2D eigenvalue weighted by Gasteiger charge is -2.14. The predicted molar refractivity (Wildman–Crippen MR) is 112 cm³/mol. The van der Waals surface area contributed by atoms with Gasteiger partial charge in [-0.15, -0.1) is 0 Å². The van der Waals surface area contributed by atoms with Gasteiger partial charge in [-0.3, -0.25) is 9.59 Å². The lowest BCUT2D eigenvalue weighted by molar-refractivity contribution is -0.117. The second-order valence-corrected chi connectivity index (χ2v) is 7.39. The minimum Gasteiger partial charge on any atom is -0.342 e. The number of anilines is 2. The van der Waals surface area contributed by atoms with Crippen molar-refractivity contribution in [2.24, 2.45) is 0 Å². The fourth-order valence-electron chi connectivity index (χ4n) is 2.34. The number of para-hydroxylation sites is 2. The summed E-state index contributed by atoms with van der Waals surface area (Å²) in [7, 11) is -0.448. The highest BCUT2D eigenvalue weighted by Crippen LogP contribution is 2.20. The van der Waals surface area contributed by atoms with E-state index in [0.717, 1.165) is 11.4 Å². The molecule has 2 aliphatic rings. The number of hydrogen-bond donors (Lipinski definition) is 3. The molecule has 2 aromatic rings. The molecule has 2 aromatic carbocycles. The zero-order valence-electron chi connectivity index (χ0n) is 13.8. The molecule has 2 aliphatic heterocycles. The van der Waals surface area contributed by atoms with Crippen LogP contribution >= 0.6 is 22.9 Å². The number of rotatable bonds is 3. The normalized spacial score (nSPS) is 18.4. The average molecular weight is 387 g/mol. The number of nitrogens with zero attached hydrogens (tertiary/aromatic N) is 1. The molecule has 1 saturated heterocycles.